The molecule has 1 aromatic heterocycles. The maximum absolute atomic E-state index is 12.7. The van der Waals surface area contributed by atoms with E-state index < -0.39 is 0 Å². The van der Waals surface area contributed by atoms with Gasteiger partial charge in [-0.2, -0.15) is 0 Å². The summed E-state index contributed by atoms with van der Waals surface area (Å²) >= 11 is 1.67. The molecule has 6 nitrogen and oxygen atoms in total. The minimum absolute atomic E-state index is 0.248. The standard InChI is InChI=1S/C18H27N3OS.CH2O2/c1-13-19-16(12-23-13)10-21-9-15-8-20(11-17(15)18(21)22)7-14-5-3-2-4-6-14;2-1-3/h12,14-15,17H,2-11H2,1H3;1H,(H,2,3)/t15-,17-;/m0./s1. The van der Waals surface area contributed by atoms with Crippen LogP contribution in [0.25, 0.3) is 0 Å². The molecule has 3 heterocycles. The van der Waals surface area contributed by atoms with Gasteiger partial charge in [0, 0.05) is 37.5 Å². The van der Waals surface area contributed by atoms with Crippen molar-refractivity contribution in [2.45, 2.75) is 45.6 Å². The van der Waals surface area contributed by atoms with E-state index >= 15 is 0 Å². The Bertz CT molecular complexity index is 615. The monoisotopic (exact) mass is 379 g/mol. The minimum atomic E-state index is -0.250. The summed E-state index contributed by atoms with van der Waals surface area (Å²) in [4.78, 5) is 30.2. The molecular weight excluding hydrogens is 350 g/mol. The maximum atomic E-state index is 12.7. The number of carbonyl (C=O) groups is 2. The Kier molecular flexibility index (Phi) is 6.64. The molecule has 144 valence electrons. The fourth-order valence-corrected chi connectivity index (χ4v) is 5.34. The maximum Gasteiger partial charge on any atom is 0.290 e. The first-order chi connectivity index (χ1) is 12.6. The molecule has 1 aliphatic carbocycles. The molecule has 26 heavy (non-hydrogen) atoms. The molecule has 0 bridgehead atoms. The zero-order valence-electron chi connectivity index (χ0n) is 15.5. The number of hydrogen-bond donors (Lipinski definition) is 1. The van der Waals surface area contributed by atoms with E-state index in [1.165, 1.54) is 38.6 Å². The van der Waals surface area contributed by atoms with Crippen LogP contribution in [0.5, 0.6) is 0 Å². The average molecular weight is 380 g/mol. The molecule has 0 spiro atoms. The van der Waals surface area contributed by atoms with E-state index in [9.17, 15) is 4.79 Å². The van der Waals surface area contributed by atoms with Gasteiger partial charge >= 0.3 is 0 Å². The highest BCUT2D eigenvalue weighted by atomic mass is 32.1. The molecule has 0 radical (unpaired) electrons. The predicted molar refractivity (Wildman–Crippen MR) is 101 cm³/mol. The third kappa shape index (κ3) is 4.62. The lowest BCUT2D eigenvalue weighted by molar-refractivity contribution is -0.131. The number of aryl methyl sites for hydroxylation is 1. The summed E-state index contributed by atoms with van der Waals surface area (Å²) < 4.78 is 0. The minimum Gasteiger partial charge on any atom is -0.483 e. The zero-order valence-corrected chi connectivity index (χ0v) is 16.3. The molecule has 1 aromatic rings. The van der Waals surface area contributed by atoms with Gasteiger partial charge in [-0.15, -0.1) is 11.3 Å². The van der Waals surface area contributed by atoms with Gasteiger partial charge in [0.2, 0.25) is 5.91 Å². The van der Waals surface area contributed by atoms with E-state index in [0.717, 1.165) is 36.3 Å². The van der Waals surface area contributed by atoms with Gasteiger partial charge in [-0.3, -0.25) is 9.59 Å². The van der Waals surface area contributed by atoms with Crippen LogP contribution in [0.15, 0.2) is 5.38 Å². The van der Waals surface area contributed by atoms with Crippen LogP contribution in [-0.2, 0) is 16.1 Å². The molecule has 2 atom stereocenters. The topological polar surface area (TPSA) is 73.7 Å². The number of amides is 1. The molecule has 1 N–H and O–H groups in total. The molecule has 7 heteroatoms. The fourth-order valence-electron chi connectivity index (χ4n) is 4.74. The Hall–Kier alpha value is -1.47. The molecular formula is C19H29N3O3S. The summed E-state index contributed by atoms with van der Waals surface area (Å²) in [6, 6.07) is 0. The molecule has 2 saturated heterocycles. The van der Waals surface area contributed by atoms with Crippen molar-refractivity contribution in [2.75, 3.05) is 26.2 Å². The Morgan fingerprint density at radius 2 is 2.00 bits per heavy atom. The zero-order chi connectivity index (χ0) is 18.5. The lowest BCUT2D eigenvalue weighted by atomic mass is 9.89. The van der Waals surface area contributed by atoms with Gasteiger partial charge in [-0.1, -0.05) is 19.3 Å². The third-order valence-corrected chi connectivity index (χ3v) is 6.68. The van der Waals surface area contributed by atoms with Crippen molar-refractivity contribution in [1.29, 1.82) is 0 Å². The average Bonchev–Trinajstić information content (AvgIpc) is 3.28. The SMILES string of the molecule is Cc1nc(CN2C[C@@H]3CN(CC4CCCCC4)C[C@@H]3C2=O)cs1.O=CO. The summed E-state index contributed by atoms with van der Waals surface area (Å²) in [5.74, 6) is 2.04. The summed E-state index contributed by atoms with van der Waals surface area (Å²) in [5, 5.41) is 10.1. The molecule has 4 rings (SSSR count). The highest BCUT2D eigenvalue weighted by molar-refractivity contribution is 7.09. The lowest BCUT2D eigenvalue weighted by Crippen LogP contribution is -2.35. The van der Waals surface area contributed by atoms with Gasteiger partial charge in [-0.05, 0) is 25.7 Å². The Morgan fingerprint density at radius 3 is 2.62 bits per heavy atom. The van der Waals surface area contributed by atoms with Crippen LogP contribution < -0.4 is 0 Å². The van der Waals surface area contributed by atoms with Crippen molar-refractivity contribution in [2.24, 2.45) is 17.8 Å². The van der Waals surface area contributed by atoms with Crippen LogP contribution in [0, 0.1) is 24.7 Å². The van der Waals surface area contributed by atoms with E-state index in [1.54, 1.807) is 11.3 Å². The first-order valence-corrected chi connectivity index (χ1v) is 10.5. The van der Waals surface area contributed by atoms with Gasteiger partial charge < -0.3 is 14.9 Å². The molecule has 3 fully saturated rings. The first kappa shape index (κ1) is 19.3. The Labute approximate surface area is 159 Å². The number of likely N-dealkylation sites (tertiary alicyclic amines) is 2. The van der Waals surface area contributed by atoms with Gasteiger partial charge in [0.15, 0.2) is 0 Å². The summed E-state index contributed by atoms with van der Waals surface area (Å²) in [7, 11) is 0. The number of thiazole rings is 1. The molecule has 1 amide bonds. The van der Waals surface area contributed by atoms with Crippen molar-refractivity contribution in [1.82, 2.24) is 14.8 Å². The molecule has 2 aliphatic heterocycles. The summed E-state index contributed by atoms with van der Waals surface area (Å²) in [6.07, 6.45) is 7.03. The highest BCUT2D eigenvalue weighted by Gasteiger charge is 2.46. The largest absolute Gasteiger partial charge is 0.483 e. The molecule has 0 aromatic carbocycles. The number of carbonyl (C=O) groups excluding carboxylic acids is 1. The smallest absolute Gasteiger partial charge is 0.290 e. The summed E-state index contributed by atoms with van der Waals surface area (Å²) in [6.45, 7) is 6.76. The second kappa shape index (κ2) is 8.95. The van der Waals surface area contributed by atoms with Crippen molar-refractivity contribution < 1.29 is 14.7 Å². The van der Waals surface area contributed by atoms with Crippen LogP contribution in [-0.4, -0.2) is 58.4 Å². The van der Waals surface area contributed by atoms with Crippen molar-refractivity contribution in [3.05, 3.63) is 16.1 Å². The van der Waals surface area contributed by atoms with E-state index in [2.05, 4.69) is 15.3 Å². The second-order valence-corrected chi connectivity index (χ2v) is 8.83. The van der Waals surface area contributed by atoms with Crippen LogP contribution in [0.2, 0.25) is 0 Å². The van der Waals surface area contributed by atoms with Crippen molar-refractivity contribution in [3.63, 3.8) is 0 Å². The number of nitrogens with zero attached hydrogens (tertiary/aromatic N) is 3. The third-order valence-electron chi connectivity index (χ3n) is 5.86. The number of aromatic nitrogens is 1. The fraction of sp³-hybridized carbons (Fsp3) is 0.737. The normalized spacial score (nSPS) is 26.5. The number of hydrogen-bond acceptors (Lipinski definition) is 5. The van der Waals surface area contributed by atoms with Gasteiger partial charge in [0.05, 0.1) is 23.2 Å². The summed E-state index contributed by atoms with van der Waals surface area (Å²) in [5.41, 5.74) is 1.06. The van der Waals surface area contributed by atoms with Gasteiger partial charge in [0.25, 0.3) is 6.47 Å². The van der Waals surface area contributed by atoms with Gasteiger partial charge in [0.1, 0.15) is 0 Å². The van der Waals surface area contributed by atoms with E-state index in [-0.39, 0.29) is 12.4 Å². The van der Waals surface area contributed by atoms with Crippen LogP contribution in [0.3, 0.4) is 0 Å². The molecule has 3 aliphatic rings. The predicted octanol–water partition coefficient (Wildman–Crippen LogP) is 2.62. The first-order valence-electron chi connectivity index (χ1n) is 9.60. The number of fused-ring (bicyclic) bond motifs is 1. The molecule has 0 unspecified atom stereocenters. The molecule has 1 saturated carbocycles. The van der Waals surface area contributed by atoms with Crippen molar-refractivity contribution in [3.8, 4) is 0 Å². The Morgan fingerprint density at radius 1 is 1.27 bits per heavy atom. The Balaban J connectivity index is 0.000000613. The van der Waals surface area contributed by atoms with Crippen molar-refractivity contribution >= 4 is 23.7 Å². The second-order valence-electron chi connectivity index (χ2n) is 7.77. The van der Waals surface area contributed by atoms with E-state index in [4.69, 9.17) is 9.90 Å². The number of carboxylic acid groups (broad SMARTS) is 1. The van der Waals surface area contributed by atoms with Crippen LogP contribution in [0.4, 0.5) is 0 Å². The van der Waals surface area contributed by atoms with E-state index in [1.807, 2.05) is 11.8 Å². The number of rotatable bonds is 4. The van der Waals surface area contributed by atoms with Gasteiger partial charge in [-0.25, -0.2) is 4.98 Å². The highest BCUT2D eigenvalue weighted by Crippen LogP contribution is 2.35. The van der Waals surface area contributed by atoms with Crippen LogP contribution in [0.1, 0.15) is 42.8 Å². The van der Waals surface area contributed by atoms with Crippen LogP contribution >= 0.6 is 11.3 Å². The lowest BCUT2D eigenvalue weighted by Gasteiger charge is -2.28. The quantitative estimate of drug-likeness (QED) is 0.814. The van der Waals surface area contributed by atoms with E-state index in [0.29, 0.717) is 18.4 Å².